The maximum atomic E-state index is 13.5. The van der Waals surface area contributed by atoms with Gasteiger partial charge in [-0.2, -0.15) is 5.10 Å². The van der Waals surface area contributed by atoms with Gasteiger partial charge in [0.25, 0.3) is 0 Å². The number of hydrogen-bond donors (Lipinski definition) is 2. The fraction of sp³-hybridized carbons (Fsp3) is 0.375. The van der Waals surface area contributed by atoms with Crippen LogP contribution in [0.15, 0.2) is 30.6 Å². The molecule has 0 saturated heterocycles. The molecule has 0 fully saturated rings. The van der Waals surface area contributed by atoms with Crippen LogP contribution in [0.25, 0.3) is 0 Å². The molecule has 2 aromatic rings. The lowest BCUT2D eigenvalue weighted by molar-refractivity contribution is -0.124. The Balaban J connectivity index is 1.79. The first kappa shape index (κ1) is 15.5. The van der Waals surface area contributed by atoms with Gasteiger partial charge < -0.3 is 15.4 Å². The maximum Gasteiger partial charge on any atom is 0.242 e. The SMILES string of the molecule is CNC(C(=O)NC1CCOc2ccc(F)cc21)c1cnn(C)c1. The first-order chi connectivity index (χ1) is 11.1. The zero-order valence-corrected chi connectivity index (χ0v) is 13.0. The molecule has 23 heavy (non-hydrogen) atoms. The smallest absolute Gasteiger partial charge is 0.242 e. The molecule has 0 spiro atoms. The molecule has 0 radical (unpaired) electrons. The Labute approximate surface area is 133 Å². The van der Waals surface area contributed by atoms with Crippen molar-refractivity contribution in [2.75, 3.05) is 13.7 Å². The monoisotopic (exact) mass is 318 g/mol. The Hall–Kier alpha value is -2.41. The van der Waals surface area contributed by atoms with Gasteiger partial charge in [0.1, 0.15) is 17.6 Å². The molecule has 6 nitrogen and oxygen atoms in total. The predicted octanol–water partition coefficient (Wildman–Crippen LogP) is 1.46. The molecule has 1 aromatic heterocycles. The third-order valence-electron chi connectivity index (χ3n) is 3.94. The van der Waals surface area contributed by atoms with Crippen LogP contribution in [0.2, 0.25) is 0 Å². The molecule has 2 N–H and O–H groups in total. The highest BCUT2D eigenvalue weighted by Gasteiger charge is 2.27. The van der Waals surface area contributed by atoms with Gasteiger partial charge in [-0.05, 0) is 25.2 Å². The number of likely N-dealkylation sites (N-methyl/N-ethyl adjacent to an activating group) is 1. The van der Waals surface area contributed by atoms with Crippen LogP contribution in [0.4, 0.5) is 4.39 Å². The molecule has 1 aliphatic heterocycles. The van der Waals surface area contributed by atoms with E-state index in [0.717, 1.165) is 5.56 Å². The average Bonchev–Trinajstić information content (AvgIpc) is 2.95. The van der Waals surface area contributed by atoms with Crippen LogP contribution in [-0.4, -0.2) is 29.3 Å². The van der Waals surface area contributed by atoms with Gasteiger partial charge in [-0.25, -0.2) is 4.39 Å². The molecule has 2 unspecified atom stereocenters. The van der Waals surface area contributed by atoms with E-state index in [-0.39, 0.29) is 17.8 Å². The van der Waals surface area contributed by atoms with Gasteiger partial charge in [-0.1, -0.05) is 0 Å². The van der Waals surface area contributed by atoms with Gasteiger partial charge in [0, 0.05) is 30.8 Å². The van der Waals surface area contributed by atoms with E-state index in [1.165, 1.54) is 12.1 Å². The Bertz CT molecular complexity index is 716. The standard InChI is InChI=1S/C16H19FN4O2/c1-18-15(10-8-19-21(2)9-10)16(22)20-13-5-6-23-14-4-3-11(17)7-12(13)14/h3-4,7-9,13,15,18H,5-6H2,1-2H3,(H,20,22). The largest absolute Gasteiger partial charge is 0.493 e. The van der Waals surface area contributed by atoms with E-state index < -0.39 is 6.04 Å². The number of benzene rings is 1. The molecule has 1 aliphatic rings. The van der Waals surface area contributed by atoms with Crippen molar-refractivity contribution in [1.82, 2.24) is 20.4 Å². The third-order valence-corrected chi connectivity index (χ3v) is 3.94. The fourth-order valence-corrected chi connectivity index (χ4v) is 2.81. The maximum absolute atomic E-state index is 13.5. The Morgan fingerprint density at radius 1 is 1.52 bits per heavy atom. The minimum absolute atomic E-state index is 0.178. The van der Waals surface area contributed by atoms with Crippen molar-refractivity contribution in [3.63, 3.8) is 0 Å². The molecule has 1 amide bonds. The van der Waals surface area contributed by atoms with Crippen LogP contribution < -0.4 is 15.4 Å². The number of aromatic nitrogens is 2. The van der Waals surface area contributed by atoms with Crippen LogP contribution in [0.5, 0.6) is 5.75 Å². The zero-order valence-electron chi connectivity index (χ0n) is 13.0. The predicted molar refractivity (Wildman–Crippen MR) is 82.4 cm³/mol. The number of nitrogens with one attached hydrogen (secondary N) is 2. The molecule has 0 aliphatic carbocycles. The van der Waals surface area contributed by atoms with E-state index in [9.17, 15) is 9.18 Å². The van der Waals surface area contributed by atoms with Gasteiger partial charge in [0.15, 0.2) is 0 Å². The summed E-state index contributed by atoms with van der Waals surface area (Å²) in [6.45, 7) is 0.487. The summed E-state index contributed by atoms with van der Waals surface area (Å²) < 4.78 is 20.7. The second-order valence-electron chi connectivity index (χ2n) is 5.55. The number of nitrogens with zero attached hydrogens (tertiary/aromatic N) is 2. The first-order valence-electron chi connectivity index (χ1n) is 7.47. The molecule has 1 aromatic carbocycles. The molecule has 7 heteroatoms. The van der Waals surface area contributed by atoms with Crippen molar-refractivity contribution in [1.29, 1.82) is 0 Å². The molecule has 122 valence electrons. The number of halogens is 1. The average molecular weight is 318 g/mol. The quantitative estimate of drug-likeness (QED) is 0.895. The van der Waals surface area contributed by atoms with Gasteiger partial charge in [-0.15, -0.1) is 0 Å². The van der Waals surface area contributed by atoms with Crippen molar-refractivity contribution < 1.29 is 13.9 Å². The van der Waals surface area contributed by atoms with Crippen LogP contribution in [-0.2, 0) is 11.8 Å². The molecular formula is C16H19FN4O2. The summed E-state index contributed by atoms with van der Waals surface area (Å²) in [5.41, 5.74) is 1.45. The van der Waals surface area contributed by atoms with Crippen LogP contribution >= 0.6 is 0 Å². The van der Waals surface area contributed by atoms with Crippen molar-refractivity contribution in [2.24, 2.45) is 7.05 Å². The summed E-state index contributed by atoms with van der Waals surface area (Å²) in [5.74, 6) is 0.0962. The normalized spacial score (nSPS) is 18.0. The molecule has 0 saturated carbocycles. The van der Waals surface area contributed by atoms with E-state index >= 15 is 0 Å². The van der Waals surface area contributed by atoms with Crippen LogP contribution in [0.1, 0.15) is 29.6 Å². The van der Waals surface area contributed by atoms with Gasteiger partial charge >= 0.3 is 0 Å². The van der Waals surface area contributed by atoms with Crippen LogP contribution in [0, 0.1) is 5.82 Å². The molecule has 2 heterocycles. The zero-order chi connectivity index (χ0) is 16.4. The number of rotatable bonds is 4. The van der Waals surface area contributed by atoms with Crippen molar-refractivity contribution in [2.45, 2.75) is 18.5 Å². The highest BCUT2D eigenvalue weighted by molar-refractivity contribution is 5.83. The van der Waals surface area contributed by atoms with Gasteiger partial charge in [0.05, 0.1) is 18.8 Å². The Kier molecular flexibility index (Phi) is 4.29. The first-order valence-corrected chi connectivity index (χ1v) is 7.47. The minimum atomic E-state index is -0.511. The summed E-state index contributed by atoms with van der Waals surface area (Å²) in [6, 6.07) is 3.59. The van der Waals surface area contributed by atoms with E-state index in [1.807, 2.05) is 0 Å². The summed E-state index contributed by atoms with van der Waals surface area (Å²) >= 11 is 0. The number of carbonyl (C=O) groups excluding carboxylic acids is 1. The number of ether oxygens (including phenoxy) is 1. The van der Waals surface area contributed by atoms with E-state index in [2.05, 4.69) is 15.7 Å². The van der Waals surface area contributed by atoms with Crippen molar-refractivity contribution in [3.05, 3.63) is 47.5 Å². The lowest BCUT2D eigenvalue weighted by Crippen LogP contribution is -2.39. The summed E-state index contributed by atoms with van der Waals surface area (Å²) in [6.07, 6.45) is 4.04. The Morgan fingerprint density at radius 2 is 2.35 bits per heavy atom. The van der Waals surface area contributed by atoms with E-state index in [4.69, 9.17) is 4.74 Å². The van der Waals surface area contributed by atoms with E-state index in [0.29, 0.717) is 24.3 Å². The van der Waals surface area contributed by atoms with Gasteiger partial charge in [0.2, 0.25) is 5.91 Å². The number of carbonyl (C=O) groups is 1. The lowest BCUT2D eigenvalue weighted by Gasteiger charge is -2.28. The number of hydrogen-bond acceptors (Lipinski definition) is 4. The fourth-order valence-electron chi connectivity index (χ4n) is 2.81. The van der Waals surface area contributed by atoms with Crippen molar-refractivity contribution >= 4 is 5.91 Å². The molecule has 2 atom stereocenters. The second-order valence-corrected chi connectivity index (χ2v) is 5.55. The number of amides is 1. The lowest BCUT2D eigenvalue weighted by atomic mass is 9.99. The summed E-state index contributed by atoms with van der Waals surface area (Å²) in [5, 5.41) is 10.1. The van der Waals surface area contributed by atoms with Crippen molar-refractivity contribution in [3.8, 4) is 5.75 Å². The Morgan fingerprint density at radius 3 is 3.04 bits per heavy atom. The number of aryl methyl sites for hydroxylation is 1. The summed E-state index contributed by atoms with van der Waals surface area (Å²) in [7, 11) is 3.51. The molecule has 3 rings (SSSR count). The van der Waals surface area contributed by atoms with Crippen LogP contribution in [0.3, 0.4) is 0 Å². The highest BCUT2D eigenvalue weighted by Crippen LogP contribution is 2.32. The number of fused-ring (bicyclic) bond motifs is 1. The molecular weight excluding hydrogens is 299 g/mol. The van der Waals surface area contributed by atoms with Gasteiger partial charge in [-0.3, -0.25) is 9.48 Å². The molecule has 0 bridgehead atoms. The summed E-state index contributed by atoms with van der Waals surface area (Å²) in [4.78, 5) is 12.6. The highest BCUT2D eigenvalue weighted by atomic mass is 19.1. The van der Waals surface area contributed by atoms with E-state index in [1.54, 1.807) is 37.2 Å². The third kappa shape index (κ3) is 3.19. The second kappa shape index (κ2) is 6.37. The topological polar surface area (TPSA) is 68.2 Å². The minimum Gasteiger partial charge on any atom is -0.493 e.